The first kappa shape index (κ1) is 19.6. The number of piperidine rings is 1. The van der Waals surface area contributed by atoms with Crippen LogP contribution >= 0.6 is 0 Å². The molecule has 2 fully saturated rings. The van der Waals surface area contributed by atoms with Gasteiger partial charge in [0.15, 0.2) is 0 Å². The summed E-state index contributed by atoms with van der Waals surface area (Å²) >= 11 is 0. The lowest BCUT2D eigenvalue weighted by molar-refractivity contribution is -0.127. The fraction of sp³-hybridized carbons (Fsp3) is 0.842. The van der Waals surface area contributed by atoms with Crippen LogP contribution < -0.4 is 5.32 Å². The summed E-state index contributed by atoms with van der Waals surface area (Å²) in [5.74, 6) is 0.0497. The van der Waals surface area contributed by atoms with Crippen LogP contribution in [-0.4, -0.2) is 41.3 Å². The molecule has 0 spiro atoms. The third kappa shape index (κ3) is 5.62. The number of carbonyl (C=O) groups excluding carboxylic acids is 2. The summed E-state index contributed by atoms with van der Waals surface area (Å²) in [5, 5.41) is 3.02. The van der Waals surface area contributed by atoms with Gasteiger partial charge in [0.1, 0.15) is 5.60 Å². The Morgan fingerprint density at radius 1 is 1.12 bits per heavy atom. The summed E-state index contributed by atoms with van der Waals surface area (Å²) in [7, 11) is 0. The Morgan fingerprint density at radius 2 is 1.68 bits per heavy atom. The molecule has 0 aromatic heterocycles. The van der Waals surface area contributed by atoms with Gasteiger partial charge in [0.25, 0.3) is 0 Å². The first-order valence-corrected chi connectivity index (χ1v) is 9.43. The van der Waals surface area contributed by atoms with Crippen LogP contribution in [0.25, 0.3) is 4.85 Å². The van der Waals surface area contributed by atoms with Gasteiger partial charge in [0.2, 0.25) is 5.91 Å². The molecule has 0 aromatic carbocycles. The van der Waals surface area contributed by atoms with Crippen molar-refractivity contribution in [2.24, 2.45) is 5.92 Å². The van der Waals surface area contributed by atoms with Crippen molar-refractivity contribution in [2.75, 3.05) is 13.1 Å². The van der Waals surface area contributed by atoms with Gasteiger partial charge in [-0.05, 0) is 33.6 Å². The second kappa shape index (κ2) is 8.07. The summed E-state index contributed by atoms with van der Waals surface area (Å²) in [4.78, 5) is 30.2. The van der Waals surface area contributed by atoms with Gasteiger partial charge in [-0.2, -0.15) is 0 Å². The van der Waals surface area contributed by atoms with Crippen LogP contribution in [0.15, 0.2) is 0 Å². The lowest BCUT2D eigenvalue weighted by Gasteiger charge is -2.35. The third-order valence-electron chi connectivity index (χ3n) is 5.04. The van der Waals surface area contributed by atoms with Gasteiger partial charge in [-0.25, -0.2) is 11.4 Å². The molecule has 0 radical (unpaired) electrons. The molecule has 0 unspecified atom stereocenters. The highest BCUT2D eigenvalue weighted by atomic mass is 16.6. The van der Waals surface area contributed by atoms with Crippen molar-refractivity contribution in [2.45, 2.75) is 83.4 Å². The third-order valence-corrected chi connectivity index (χ3v) is 5.04. The molecule has 1 saturated carbocycles. The van der Waals surface area contributed by atoms with Crippen molar-refractivity contribution in [1.29, 1.82) is 0 Å². The van der Waals surface area contributed by atoms with Crippen LogP contribution in [0.2, 0.25) is 0 Å². The van der Waals surface area contributed by atoms with Crippen molar-refractivity contribution in [3.8, 4) is 0 Å². The van der Waals surface area contributed by atoms with E-state index in [1.54, 1.807) is 4.90 Å². The molecule has 6 nitrogen and oxygen atoms in total. The zero-order chi connectivity index (χ0) is 18.5. The second-order valence-electron chi connectivity index (χ2n) is 8.29. The Labute approximate surface area is 151 Å². The monoisotopic (exact) mass is 349 g/mol. The number of likely N-dealkylation sites (tertiary alicyclic amines) is 1. The van der Waals surface area contributed by atoms with Gasteiger partial charge in [-0.15, -0.1) is 0 Å². The van der Waals surface area contributed by atoms with Crippen molar-refractivity contribution in [1.82, 2.24) is 10.2 Å². The number of hydrogen-bond donors (Lipinski definition) is 1. The highest BCUT2D eigenvalue weighted by Gasteiger charge is 2.44. The van der Waals surface area contributed by atoms with Gasteiger partial charge < -0.3 is 9.64 Å². The van der Waals surface area contributed by atoms with E-state index in [1.807, 2.05) is 20.8 Å². The molecule has 0 bridgehead atoms. The number of rotatable bonds is 2. The highest BCUT2D eigenvalue weighted by molar-refractivity contribution is 5.79. The quantitative estimate of drug-likeness (QED) is 0.610. The molecule has 0 atom stereocenters. The average Bonchev–Trinajstić information content (AvgIpc) is 2.83. The molecule has 2 aliphatic rings. The van der Waals surface area contributed by atoms with Crippen molar-refractivity contribution in [3.05, 3.63) is 11.4 Å². The lowest BCUT2D eigenvalue weighted by Crippen LogP contribution is -2.55. The highest BCUT2D eigenvalue weighted by Crippen LogP contribution is 2.28. The minimum Gasteiger partial charge on any atom is -0.444 e. The number of amides is 2. The van der Waals surface area contributed by atoms with Crippen molar-refractivity contribution in [3.63, 3.8) is 0 Å². The summed E-state index contributed by atoms with van der Waals surface area (Å²) in [6.45, 7) is 14.0. The fourth-order valence-corrected chi connectivity index (χ4v) is 3.52. The van der Waals surface area contributed by atoms with E-state index in [0.29, 0.717) is 25.9 Å². The van der Waals surface area contributed by atoms with E-state index in [1.165, 1.54) is 12.8 Å². The summed E-state index contributed by atoms with van der Waals surface area (Å²) in [6, 6.07) is 0. The number of ether oxygens (including phenoxy) is 1. The molecule has 1 saturated heterocycles. The zero-order valence-electron chi connectivity index (χ0n) is 15.8. The molecular weight excluding hydrogens is 318 g/mol. The first-order chi connectivity index (χ1) is 11.7. The first-order valence-electron chi connectivity index (χ1n) is 9.43. The van der Waals surface area contributed by atoms with Crippen LogP contribution in [0, 0.1) is 12.5 Å². The Kier molecular flexibility index (Phi) is 6.31. The standard InChI is InChI=1S/C19H31N3O3/c1-18(2,3)25-17(24)22-13-11-19(20-4,12-14-22)21-16(23)15-9-7-5-6-8-10-15/h15H,5-14H2,1-3H3,(H,21,23). The van der Waals surface area contributed by atoms with Gasteiger partial charge in [0.05, 0.1) is 12.8 Å². The maximum absolute atomic E-state index is 12.6. The zero-order valence-corrected chi connectivity index (χ0v) is 15.8. The average molecular weight is 349 g/mol. The lowest BCUT2D eigenvalue weighted by atomic mass is 9.94. The molecule has 140 valence electrons. The van der Waals surface area contributed by atoms with E-state index < -0.39 is 11.3 Å². The Morgan fingerprint density at radius 3 is 2.16 bits per heavy atom. The number of nitrogens with zero attached hydrogens (tertiary/aromatic N) is 2. The number of carbonyl (C=O) groups is 2. The summed E-state index contributed by atoms with van der Waals surface area (Å²) < 4.78 is 5.39. The molecule has 1 aliphatic heterocycles. The Bertz CT molecular complexity index is 517. The van der Waals surface area contributed by atoms with Gasteiger partial charge in [0, 0.05) is 19.0 Å². The van der Waals surface area contributed by atoms with Crippen LogP contribution in [0.1, 0.15) is 72.1 Å². The number of nitrogens with one attached hydrogen (secondary N) is 1. The SMILES string of the molecule is [C-]#[N+]C1(NC(=O)C2CCCCCC2)CCN(C(=O)OC(C)(C)C)CC1. The maximum atomic E-state index is 12.6. The number of hydrogen-bond acceptors (Lipinski definition) is 3. The molecule has 2 rings (SSSR count). The molecule has 1 heterocycles. The second-order valence-corrected chi connectivity index (χ2v) is 8.29. The van der Waals surface area contributed by atoms with Gasteiger partial charge >= 0.3 is 11.8 Å². The minimum atomic E-state index is -0.873. The smallest absolute Gasteiger partial charge is 0.410 e. The van der Waals surface area contributed by atoms with E-state index in [-0.39, 0.29) is 17.9 Å². The molecule has 25 heavy (non-hydrogen) atoms. The van der Waals surface area contributed by atoms with E-state index in [9.17, 15) is 9.59 Å². The van der Waals surface area contributed by atoms with E-state index in [2.05, 4.69) is 10.2 Å². The van der Waals surface area contributed by atoms with E-state index in [4.69, 9.17) is 11.3 Å². The Hall–Kier alpha value is -1.77. The van der Waals surface area contributed by atoms with E-state index >= 15 is 0 Å². The minimum absolute atomic E-state index is 0.0172. The van der Waals surface area contributed by atoms with Crippen molar-refractivity contribution < 1.29 is 14.3 Å². The molecular formula is C19H31N3O3. The molecule has 6 heteroatoms. The fourth-order valence-electron chi connectivity index (χ4n) is 3.52. The topological polar surface area (TPSA) is 63.0 Å². The van der Waals surface area contributed by atoms with Crippen LogP contribution in [-0.2, 0) is 9.53 Å². The summed E-state index contributed by atoms with van der Waals surface area (Å²) in [6.07, 6.45) is 6.98. The van der Waals surface area contributed by atoms with Crippen LogP contribution in [0.4, 0.5) is 4.79 Å². The molecule has 2 amide bonds. The normalized spacial score (nSPS) is 21.8. The molecule has 0 aromatic rings. The van der Waals surface area contributed by atoms with Crippen molar-refractivity contribution >= 4 is 12.0 Å². The maximum Gasteiger partial charge on any atom is 0.410 e. The van der Waals surface area contributed by atoms with Crippen LogP contribution in [0.3, 0.4) is 0 Å². The predicted molar refractivity (Wildman–Crippen MR) is 95.7 cm³/mol. The Balaban J connectivity index is 1.91. The largest absolute Gasteiger partial charge is 0.444 e. The molecule has 1 N–H and O–H groups in total. The predicted octanol–water partition coefficient (Wildman–Crippen LogP) is 3.72. The summed E-state index contributed by atoms with van der Waals surface area (Å²) in [5.41, 5.74) is -1.40. The van der Waals surface area contributed by atoms with Crippen LogP contribution in [0.5, 0.6) is 0 Å². The van der Waals surface area contributed by atoms with Gasteiger partial charge in [-0.3, -0.25) is 15.0 Å². The van der Waals surface area contributed by atoms with Gasteiger partial charge in [-0.1, -0.05) is 25.7 Å². The van der Waals surface area contributed by atoms with E-state index in [0.717, 1.165) is 25.7 Å². The molecule has 1 aliphatic carbocycles.